The van der Waals surface area contributed by atoms with Gasteiger partial charge in [-0.25, -0.2) is 0 Å². The molecule has 0 saturated carbocycles. The minimum Gasteiger partial charge on any atom is -0.493 e. The van der Waals surface area contributed by atoms with Crippen molar-refractivity contribution in [1.82, 2.24) is 15.0 Å². The lowest BCUT2D eigenvalue weighted by Gasteiger charge is -2.22. The molecule has 0 radical (unpaired) electrons. The molecule has 0 aliphatic heterocycles. The van der Waals surface area contributed by atoms with E-state index in [0.29, 0.717) is 16.7 Å². The van der Waals surface area contributed by atoms with Crippen LogP contribution in [0.5, 0.6) is 17.6 Å². The molecule has 2 heterocycles. The van der Waals surface area contributed by atoms with Crippen molar-refractivity contribution < 1.29 is 9.84 Å². The summed E-state index contributed by atoms with van der Waals surface area (Å²) in [6.07, 6.45) is 3.14. The second-order valence-electron chi connectivity index (χ2n) is 6.79. The Morgan fingerprint density at radius 1 is 0.862 bits per heavy atom. The SMILES string of the molecule is CN(C)c1cccc(N(C)c2ccc(Oc3nc(O)c4ccncc4n3)cc2)c1. The van der Waals surface area contributed by atoms with Crippen LogP contribution in [0.15, 0.2) is 67.0 Å². The van der Waals surface area contributed by atoms with E-state index in [4.69, 9.17) is 4.74 Å². The second kappa shape index (κ2) is 7.63. The second-order valence-corrected chi connectivity index (χ2v) is 6.79. The summed E-state index contributed by atoms with van der Waals surface area (Å²) >= 11 is 0. The minimum absolute atomic E-state index is 0.0720. The first-order valence-electron chi connectivity index (χ1n) is 9.11. The fraction of sp³-hybridized carbons (Fsp3) is 0.136. The molecule has 1 N–H and O–H groups in total. The quantitative estimate of drug-likeness (QED) is 0.545. The molecule has 0 aliphatic carbocycles. The Bertz CT molecular complexity index is 1150. The maximum Gasteiger partial charge on any atom is 0.325 e. The number of rotatable bonds is 5. The van der Waals surface area contributed by atoms with E-state index in [1.165, 1.54) is 0 Å². The molecule has 2 aromatic heterocycles. The van der Waals surface area contributed by atoms with Crippen LogP contribution in [0.4, 0.5) is 17.1 Å². The van der Waals surface area contributed by atoms with Gasteiger partial charge in [-0.15, -0.1) is 0 Å². The molecule has 0 bridgehead atoms. The lowest BCUT2D eigenvalue weighted by Crippen LogP contribution is -2.12. The predicted molar refractivity (Wildman–Crippen MR) is 114 cm³/mol. The van der Waals surface area contributed by atoms with Gasteiger partial charge in [-0.3, -0.25) is 4.98 Å². The van der Waals surface area contributed by atoms with E-state index in [-0.39, 0.29) is 11.9 Å². The average Bonchev–Trinajstić information content (AvgIpc) is 2.74. The van der Waals surface area contributed by atoms with Crippen LogP contribution < -0.4 is 14.5 Å². The van der Waals surface area contributed by atoms with Crippen molar-refractivity contribution in [1.29, 1.82) is 0 Å². The summed E-state index contributed by atoms with van der Waals surface area (Å²) in [6.45, 7) is 0. The summed E-state index contributed by atoms with van der Waals surface area (Å²) in [5.41, 5.74) is 3.75. The third-order valence-electron chi connectivity index (χ3n) is 4.63. The summed E-state index contributed by atoms with van der Waals surface area (Å²) in [5.74, 6) is 0.441. The van der Waals surface area contributed by atoms with Gasteiger partial charge in [0.1, 0.15) is 5.75 Å². The fourth-order valence-electron chi connectivity index (χ4n) is 2.96. The molecule has 0 fully saturated rings. The van der Waals surface area contributed by atoms with Gasteiger partial charge in [-0.2, -0.15) is 9.97 Å². The summed E-state index contributed by atoms with van der Waals surface area (Å²) in [6, 6.07) is 17.6. The topological polar surface area (TPSA) is 74.6 Å². The number of hydrogen-bond acceptors (Lipinski definition) is 7. The molecule has 4 rings (SSSR count). The van der Waals surface area contributed by atoms with Crippen LogP contribution in [-0.4, -0.2) is 41.2 Å². The van der Waals surface area contributed by atoms with Crippen molar-refractivity contribution >= 4 is 28.0 Å². The third-order valence-corrected chi connectivity index (χ3v) is 4.63. The van der Waals surface area contributed by atoms with Gasteiger partial charge in [0.15, 0.2) is 0 Å². The van der Waals surface area contributed by atoms with Crippen LogP contribution in [0.3, 0.4) is 0 Å². The Morgan fingerprint density at radius 2 is 1.62 bits per heavy atom. The van der Waals surface area contributed by atoms with Crippen molar-refractivity contribution in [2.24, 2.45) is 0 Å². The zero-order chi connectivity index (χ0) is 20.4. The standard InChI is InChI=1S/C22H21N5O2/c1-26(2)16-5-4-6-17(13-16)27(3)15-7-9-18(10-8-15)29-22-24-20-14-23-12-11-19(20)21(28)25-22/h4-14H,1-3H3,(H,24,25,28). The van der Waals surface area contributed by atoms with Gasteiger partial charge >= 0.3 is 6.01 Å². The number of benzene rings is 2. The molecule has 7 nitrogen and oxygen atoms in total. The van der Waals surface area contributed by atoms with E-state index in [1.54, 1.807) is 18.5 Å². The molecule has 4 aromatic rings. The normalized spacial score (nSPS) is 10.7. The van der Waals surface area contributed by atoms with Crippen molar-refractivity contribution in [3.05, 3.63) is 67.0 Å². The first-order valence-corrected chi connectivity index (χ1v) is 9.11. The van der Waals surface area contributed by atoms with Crippen LogP contribution >= 0.6 is 0 Å². The number of ether oxygens (including phenoxy) is 1. The summed E-state index contributed by atoms with van der Waals surface area (Å²) in [7, 11) is 6.06. The molecule has 0 amide bonds. The van der Waals surface area contributed by atoms with Crippen LogP contribution in [0, 0.1) is 0 Å². The first kappa shape index (κ1) is 18.5. The largest absolute Gasteiger partial charge is 0.493 e. The van der Waals surface area contributed by atoms with Gasteiger partial charge in [-0.05, 0) is 48.5 Å². The molecule has 0 aliphatic rings. The number of fused-ring (bicyclic) bond motifs is 1. The Morgan fingerprint density at radius 3 is 2.38 bits per heavy atom. The molecule has 146 valence electrons. The van der Waals surface area contributed by atoms with E-state index < -0.39 is 0 Å². The smallest absolute Gasteiger partial charge is 0.325 e. The number of nitrogens with zero attached hydrogens (tertiary/aromatic N) is 5. The van der Waals surface area contributed by atoms with Crippen LogP contribution in [0.1, 0.15) is 0 Å². The van der Waals surface area contributed by atoms with Crippen molar-refractivity contribution in [3.63, 3.8) is 0 Å². The van der Waals surface area contributed by atoms with E-state index >= 15 is 0 Å². The van der Waals surface area contributed by atoms with E-state index in [9.17, 15) is 5.11 Å². The summed E-state index contributed by atoms with van der Waals surface area (Å²) in [5, 5.41) is 10.6. The zero-order valence-corrected chi connectivity index (χ0v) is 16.4. The van der Waals surface area contributed by atoms with Gasteiger partial charge in [0.25, 0.3) is 0 Å². The molecular weight excluding hydrogens is 366 g/mol. The number of aromatic hydroxyl groups is 1. The van der Waals surface area contributed by atoms with E-state index in [2.05, 4.69) is 43.0 Å². The van der Waals surface area contributed by atoms with Crippen LogP contribution in [0.2, 0.25) is 0 Å². The maximum atomic E-state index is 10.1. The lowest BCUT2D eigenvalue weighted by molar-refractivity contribution is 0.412. The lowest BCUT2D eigenvalue weighted by atomic mass is 10.2. The molecule has 0 atom stereocenters. The highest BCUT2D eigenvalue weighted by Crippen LogP contribution is 2.30. The number of hydrogen-bond donors (Lipinski definition) is 1. The molecule has 7 heteroatoms. The van der Waals surface area contributed by atoms with Gasteiger partial charge in [0, 0.05) is 44.4 Å². The van der Waals surface area contributed by atoms with Gasteiger partial charge < -0.3 is 19.6 Å². The van der Waals surface area contributed by atoms with E-state index in [1.807, 2.05) is 51.5 Å². The molecule has 2 aromatic carbocycles. The van der Waals surface area contributed by atoms with Crippen LogP contribution in [-0.2, 0) is 0 Å². The van der Waals surface area contributed by atoms with Crippen molar-refractivity contribution in [2.45, 2.75) is 0 Å². The van der Waals surface area contributed by atoms with Gasteiger partial charge in [-0.1, -0.05) is 6.07 Å². The Hall–Kier alpha value is -3.87. The zero-order valence-electron chi connectivity index (χ0n) is 16.4. The van der Waals surface area contributed by atoms with Gasteiger partial charge in [0.05, 0.1) is 17.1 Å². The Kier molecular flexibility index (Phi) is 4.87. The Balaban J connectivity index is 1.54. The molecule has 29 heavy (non-hydrogen) atoms. The number of anilines is 3. The average molecular weight is 387 g/mol. The number of pyridine rings is 1. The molecule has 0 spiro atoms. The van der Waals surface area contributed by atoms with E-state index in [0.717, 1.165) is 17.1 Å². The number of aromatic nitrogens is 3. The van der Waals surface area contributed by atoms with Crippen molar-refractivity contribution in [3.8, 4) is 17.6 Å². The Labute approximate surface area is 168 Å². The summed E-state index contributed by atoms with van der Waals surface area (Å²) in [4.78, 5) is 16.5. The van der Waals surface area contributed by atoms with Crippen molar-refractivity contribution in [2.75, 3.05) is 30.9 Å². The van der Waals surface area contributed by atoms with Crippen LogP contribution in [0.25, 0.3) is 10.9 Å². The predicted octanol–water partition coefficient (Wildman–Crippen LogP) is 4.36. The molecular formula is C22H21N5O2. The highest BCUT2D eigenvalue weighted by atomic mass is 16.5. The third kappa shape index (κ3) is 3.89. The minimum atomic E-state index is -0.135. The summed E-state index contributed by atoms with van der Waals surface area (Å²) < 4.78 is 5.72. The molecule has 0 saturated heterocycles. The monoisotopic (exact) mass is 387 g/mol. The highest BCUT2D eigenvalue weighted by molar-refractivity contribution is 5.82. The highest BCUT2D eigenvalue weighted by Gasteiger charge is 2.10. The first-order chi connectivity index (χ1) is 14.0. The molecule has 0 unspecified atom stereocenters. The van der Waals surface area contributed by atoms with Gasteiger partial charge in [0.2, 0.25) is 5.88 Å². The maximum absolute atomic E-state index is 10.1. The fourth-order valence-corrected chi connectivity index (χ4v) is 2.96.